The Kier molecular flexibility index (Phi) is 6.43. The number of carbonyl (C=O) groups excluding carboxylic acids is 2. The van der Waals surface area contributed by atoms with Crippen molar-refractivity contribution in [1.82, 2.24) is 9.88 Å². The van der Waals surface area contributed by atoms with E-state index in [-0.39, 0.29) is 11.8 Å². The van der Waals surface area contributed by atoms with Crippen LogP contribution in [0.4, 0.5) is 11.4 Å². The molecule has 6 nitrogen and oxygen atoms in total. The van der Waals surface area contributed by atoms with Crippen molar-refractivity contribution in [2.75, 3.05) is 36.4 Å². The number of aromatic nitrogens is 1. The van der Waals surface area contributed by atoms with Crippen molar-refractivity contribution in [2.24, 2.45) is 0 Å². The number of benzene rings is 3. The molecule has 2 aliphatic rings. The van der Waals surface area contributed by atoms with Gasteiger partial charge in [0.15, 0.2) is 0 Å². The summed E-state index contributed by atoms with van der Waals surface area (Å²) in [6.45, 7) is 3.16. The van der Waals surface area contributed by atoms with Gasteiger partial charge in [0.1, 0.15) is 0 Å². The van der Waals surface area contributed by atoms with Crippen LogP contribution in [0.1, 0.15) is 52.8 Å². The fourth-order valence-electron chi connectivity index (χ4n) is 5.64. The summed E-state index contributed by atoms with van der Waals surface area (Å²) in [5, 5.41) is 6.95. The Morgan fingerprint density at radius 1 is 0.865 bits per heavy atom. The second-order valence-corrected chi connectivity index (χ2v) is 10.3. The van der Waals surface area contributed by atoms with E-state index < -0.39 is 0 Å². The van der Waals surface area contributed by atoms with E-state index in [4.69, 9.17) is 11.6 Å². The highest BCUT2D eigenvalue weighted by atomic mass is 35.5. The molecule has 1 fully saturated rings. The molecular weight excluding hydrogens is 484 g/mol. The lowest BCUT2D eigenvalue weighted by Gasteiger charge is -2.32. The molecule has 1 N–H and O–H groups in total. The molecule has 2 amide bonds. The maximum atomic E-state index is 13.4. The van der Waals surface area contributed by atoms with Crippen LogP contribution < -0.4 is 10.2 Å². The van der Waals surface area contributed by atoms with Crippen LogP contribution in [0.5, 0.6) is 0 Å². The summed E-state index contributed by atoms with van der Waals surface area (Å²) in [6.07, 6.45) is 6.91. The van der Waals surface area contributed by atoms with E-state index >= 15 is 0 Å². The fourth-order valence-corrected chi connectivity index (χ4v) is 5.80. The van der Waals surface area contributed by atoms with E-state index in [1.165, 1.54) is 24.2 Å². The van der Waals surface area contributed by atoms with E-state index in [0.717, 1.165) is 65.5 Å². The number of fused-ring (bicyclic) bond motifs is 1. The predicted octanol–water partition coefficient (Wildman–Crippen LogP) is 6.52. The van der Waals surface area contributed by atoms with Crippen LogP contribution in [-0.4, -0.2) is 47.9 Å². The van der Waals surface area contributed by atoms with Gasteiger partial charge in [-0.15, -0.1) is 0 Å². The van der Waals surface area contributed by atoms with Gasteiger partial charge in [0.05, 0.1) is 5.52 Å². The van der Waals surface area contributed by atoms with Crippen molar-refractivity contribution in [1.29, 1.82) is 0 Å². The van der Waals surface area contributed by atoms with Gasteiger partial charge < -0.3 is 10.2 Å². The van der Waals surface area contributed by atoms with Gasteiger partial charge in [-0.2, -0.15) is 0 Å². The standard InChI is InChI=1S/C30H29ClN4O2/c31-20-9-10-21-25(13-15-33-26(21)19-20)32-14-2-5-18-35-29(36)23-8-6-7-22-27(34-16-3-1-4-17-34)12-11-24(28(22)23)30(35)37/h6-13,15,19H,1-5,14,16-18H2,(H,32,33). The summed E-state index contributed by atoms with van der Waals surface area (Å²) in [5.74, 6) is -0.382. The molecule has 4 aromatic rings. The number of carbonyl (C=O) groups is 2. The van der Waals surface area contributed by atoms with Crippen molar-refractivity contribution in [3.05, 3.63) is 76.9 Å². The van der Waals surface area contributed by atoms with Gasteiger partial charge in [-0.25, -0.2) is 0 Å². The number of unbranched alkanes of at least 4 members (excludes halogenated alkanes) is 1. The highest BCUT2D eigenvalue weighted by Crippen LogP contribution is 2.37. The Morgan fingerprint density at radius 2 is 1.68 bits per heavy atom. The van der Waals surface area contributed by atoms with Gasteiger partial charge in [0.2, 0.25) is 0 Å². The first-order chi connectivity index (χ1) is 18.1. The van der Waals surface area contributed by atoms with E-state index in [2.05, 4.69) is 21.3 Å². The molecule has 0 atom stereocenters. The van der Waals surface area contributed by atoms with Gasteiger partial charge in [-0.05, 0) is 74.6 Å². The Hall–Kier alpha value is -3.64. The normalized spacial score (nSPS) is 15.6. The number of hydrogen-bond acceptors (Lipinski definition) is 5. The molecule has 3 heterocycles. The lowest BCUT2D eigenvalue weighted by Crippen LogP contribution is -2.41. The SMILES string of the molecule is O=C1c2cccc3c(N4CCCCC4)ccc(c23)C(=O)N1CCCCNc1ccnc2cc(Cl)ccc12. The first kappa shape index (κ1) is 23.7. The number of pyridine rings is 1. The van der Waals surface area contributed by atoms with Crippen LogP contribution in [0.2, 0.25) is 5.02 Å². The molecule has 2 aliphatic heterocycles. The number of amides is 2. The molecule has 188 valence electrons. The van der Waals surface area contributed by atoms with Crippen molar-refractivity contribution in [3.8, 4) is 0 Å². The molecule has 1 saturated heterocycles. The van der Waals surface area contributed by atoms with Gasteiger partial charge in [-0.3, -0.25) is 19.5 Å². The van der Waals surface area contributed by atoms with Crippen molar-refractivity contribution in [3.63, 3.8) is 0 Å². The Balaban J connectivity index is 1.14. The number of imide groups is 1. The Labute approximate surface area is 221 Å². The Bertz CT molecular complexity index is 1490. The molecule has 0 unspecified atom stereocenters. The molecule has 0 bridgehead atoms. The summed E-state index contributed by atoms with van der Waals surface area (Å²) in [5.41, 5.74) is 4.23. The van der Waals surface area contributed by atoms with Crippen molar-refractivity contribution >= 4 is 56.5 Å². The monoisotopic (exact) mass is 512 g/mol. The zero-order chi connectivity index (χ0) is 25.4. The van der Waals surface area contributed by atoms with Gasteiger partial charge in [0.25, 0.3) is 11.8 Å². The number of rotatable bonds is 7. The van der Waals surface area contributed by atoms with Crippen molar-refractivity contribution in [2.45, 2.75) is 32.1 Å². The average Bonchev–Trinajstić information content (AvgIpc) is 2.93. The molecule has 37 heavy (non-hydrogen) atoms. The molecule has 7 heteroatoms. The lowest BCUT2D eigenvalue weighted by atomic mass is 9.92. The van der Waals surface area contributed by atoms with Crippen LogP contribution in [0.25, 0.3) is 21.7 Å². The Morgan fingerprint density at radius 3 is 2.51 bits per heavy atom. The number of nitrogens with zero attached hydrogens (tertiary/aromatic N) is 3. The van der Waals surface area contributed by atoms with Crippen LogP contribution in [0.3, 0.4) is 0 Å². The third-order valence-corrected chi connectivity index (χ3v) is 7.73. The van der Waals surface area contributed by atoms with E-state index in [9.17, 15) is 9.59 Å². The molecule has 0 spiro atoms. The summed E-state index contributed by atoms with van der Waals surface area (Å²) < 4.78 is 0. The zero-order valence-electron chi connectivity index (χ0n) is 20.7. The minimum absolute atomic E-state index is 0.191. The smallest absolute Gasteiger partial charge is 0.261 e. The predicted molar refractivity (Wildman–Crippen MR) is 150 cm³/mol. The maximum Gasteiger partial charge on any atom is 0.261 e. The van der Waals surface area contributed by atoms with E-state index in [1.54, 1.807) is 6.20 Å². The third-order valence-electron chi connectivity index (χ3n) is 7.49. The van der Waals surface area contributed by atoms with Gasteiger partial charge in [-0.1, -0.05) is 23.7 Å². The topological polar surface area (TPSA) is 65.5 Å². The highest BCUT2D eigenvalue weighted by molar-refractivity contribution is 6.31. The van der Waals surface area contributed by atoms with Gasteiger partial charge >= 0.3 is 0 Å². The first-order valence-electron chi connectivity index (χ1n) is 13.1. The molecule has 0 saturated carbocycles. The quantitative estimate of drug-likeness (QED) is 0.225. The number of nitrogens with one attached hydrogen (secondary N) is 1. The molecule has 0 radical (unpaired) electrons. The second kappa shape index (κ2) is 10.0. The van der Waals surface area contributed by atoms with Gasteiger partial charge in [0, 0.05) is 76.1 Å². The third kappa shape index (κ3) is 4.40. The number of piperidine rings is 1. The number of halogens is 1. The molecule has 1 aromatic heterocycles. The van der Waals surface area contributed by atoms with Crippen molar-refractivity contribution < 1.29 is 9.59 Å². The minimum Gasteiger partial charge on any atom is -0.384 e. The second-order valence-electron chi connectivity index (χ2n) is 9.82. The summed E-state index contributed by atoms with van der Waals surface area (Å²) in [6, 6.07) is 17.4. The largest absolute Gasteiger partial charge is 0.384 e. The molecular formula is C30H29ClN4O2. The molecule has 0 aliphatic carbocycles. The van der Waals surface area contributed by atoms with Crippen LogP contribution in [0.15, 0.2) is 60.8 Å². The maximum absolute atomic E-state index is 13.4. The first-order valence-corrected chi connectivity index (χ1v) is 13.4. The summed E-state index contributed by atoms with van der Waals surface area (Å²) >= 11 is 6.09. The lowest BCUT2D eigenvalue weighted by molar-refractivity contribution is 0.0608. The average molecular weight is 513 g/mol. The zero-order valence-corrected chi connectivity index (χ0v) is 21.4. The van der Waals surface area contributed by atoms with Crippen LogP contribution in [0, 0.1) is 0 Å². The van der Waals surface area contributed by atoms with E-state index in [0.29, 0.717) is 22.7 Å². The molecule has 6 rings (SSSR count). The highest BCUT2D eigenvalue weighted by Gasteiger charge is 2.33. The summed E-state index contributed by atoms with van der Waals surface area (Å²) in [4.78, 5) is 35.0. The van der Waals surface area contributed by atoms with Crippen LogP contribution >= 0.6 is 11.6 Å². The van der Waals surface area contributed by atoms with E-state index in [1.807, 2.05) is 48.5 Å². The van der Waals surface area contributed by atoms with Crippen LogP contribution in [-0.2, 0) is 0 Å². The summed E-state index contributed by atoms with van der Waals surface area (Å²) in [7, 11) is 0. The minimum atomic E-state index is -0.191. The number of hydrogen-bond donors (Lipinski definition) is 1. The fraction of sp³-hybridized carbons (Fsp3) is 0.300. The number of anilines is 2. The molecule has 3 aromatic carbocycles.